The number of amides is 2. The van der Waals surface area contributed by atoms with E-state index in [2.05, 4.69) is 5.32 Å². The zero-order valence-corrected chi connectivity index (χ0v) is 9.87. The quantitative estimate of drug-likeness (QED) is 0.686. The molecule has 1 aliphatic rings. The summed E-state index contributed by atoms with van der Waals surface area (Å²) in [7, 11) is 0. The molecule has 92 valence electrons. The molecule has 0 aromatic heterocycles. The van der Waals surface area contributed by atoms with Crippen LogP contribution in [-0.2, 0) is 9.59 Å². The Labute approximate surface area is 96.4 Å². The fourth-order valence-electron chi connectivity index (χ4n) is 1.80. The van der Waals surface area contributed by atoms with Crippen LogP contribution in [0.3, 0.4) is 0 Å². The highest BCUT2D eigenvalue weighted by Crippen LogP contribution is 2.09. The number of piperidine rings is 1. The van der Waals surface area contributed by atoms with Crippen molar-refractivity contribution in [3.05, 3.63) is 0 Å². The molecule has 1 aliphatic heterocycles. The second kappa shape index (κ2) is 6.48. The molecule has 0 aromatic rings. The molecule has 1 saturated heterocycles. The van der Waals surface area contributed by atoms with Crippen molar-refractivity contribution in [2.45, 2.75) is 38.6 Å². The van der Waals surface area contributed by atoms with Gasteiger partial charge in [0.15, 0.2) is 0 Å². The van der Waals surface area contributed by atoms with Crippen molar-refractivity contribution in [3.63, 3.8) is 0 Å². The summed E-state index contributed by atoms with van der Waals surface area (Å²) in [5, 5.41) is 2.93. The van der Waals surface area contributed by atoms with Gasteiger partial charge in [-0.05, 0) is 26.2 Å². The maximum atomic E-state index is 11.7. The Morgan fingerprint density at radius 3 is 2.50 bits per heavy atom. The van der Waals surface area contributed by atoms with Gasteiger partial charge in [-0.3, -0.25) is 9.59 Å². The molecule has 5 heteroatoms. The first kappa shape index (κ1) is 13.0. The summed E-state index contributed by atoms with van der Waals surface area (Å²) in [5.74, 6) is -0.214. The SMILES string of the molecule is CC(NCCC(=O)N1CCCCC1)C(N)=O. The predicted octanol–water partition coefficient (Wildman–Crippen LogP) is -0.148. The van der Waals surface area contributed by atoms with E-state index in [4.69, 9.17) is 5.73 Å². The van der Waals surface area contributed by atoms with E-state index in [1.807, 2.05) is 4.90 Å². The number of rotatable bonds is 5. The average Bonchev–Trinajstić information content (AvgIpc) is 2.29. The number of nitrogens with one attached hydrogen (secondary N) is 1. The molecule has 1 atom stereocenters. The van der Waals surface area contributed by atoms with E-state index in [1.165, 1.54) is 6.42 Å². The van der Waals surface area contributed by atoms with Gasteiger partial charge in [0, 0.05) is 26.1 Å². The lowest BCUT2D eigenvalue weighted by atomic mass is 10.1. The molecule has 0 bridgehead atoms. The summed E-state index contributed by atoms with van der Waals surface area (Å²) in [6.45, 7) is 3.97. The smallest absolute Gasteiger partial charge is 0.234 e. The van der Waals surface area contributed by atoms with Crippen LogP contribution in [0.1, 0.15) is 32.6 Å². The fourth-order valence-corrected chi connectivity index (χ4v) is 1.80. The summed E-state index contributed by atoms with van der Waals surface area (Å²) in [4.78, 5) is 24.4. The second-order valence-corrected chi connectivity index (χ2v) is 4.27. The first-order chi connectivity index (χ1) is 7.61. The highest BCUT2D eigenvalue weighted by molar-refractivity contribution is 5.79. The average molecular weight is 227 g/mol. The van der Waals surface area contributed by atoms with Crippen molar-refractivity contribution in [2.75, 3.05) is 19.6 Å². The van der Waals surface area contributed by atoms with Crippen LogP contribution < -0.4 is 11.1 Å². The molecule has 0 aliphatic carbocycles. The summed E-state index contributed by atoms with van der Waals surface area (Å²) in [6, 6.07) is -0.367. The van der Waals surface area contributed by atoms with E-state index in [1.54, 1.807) is 6.92 Å². The number of hydrogen-bond donors (Lipinski definition) is 2. The Hall–Kier alpha value is -1.10. The summed E-state index contributed by atoms with van der Waals surface area (Å²) in [5.41, 5.74) is 5.10. The third-order valence-corrected chi connectivity index (χ3v) is 2.92. The fraction of sp³-hybridized carbons (Fsp3) is 0.818. The number of likely N-dealkylation sites (tertiary alicyclic amines) is 1. The molecular weight excluding hydrogens is 206 g/mol. The van der Waals surface area contributed by atoms with Gasteiger partial charge >= 0.3 is 0 Å². The third kappa shape index (κ3) is 4.18. The minimum Gasteiger partial charge on any atom is -0.368 e. The van der Waals surface area contributed by atoms with E-state index in [0.29, 0.717) is 13.0 Å². The third-order valence-electron chi connectivity index (χ3n) is 2.92. The van der Waals surface area contributed by atoms with E-state index < -0.39 is 0 Å². The zero-order chi connectivity index (χ0) is 12.0. The van der Waals surface area contributed by atoms with Gasteiger partial charge in [-0.15, -0.1) is 0 Å². The van der Waals surface area contributed by atoms with Crippen LogP contribution >= 0.6 is 0 Å². The van der Waals surface area contributed by atoms with Gasteiger partial charge in [0.1, 0.15) is 0 Å². The summed E-state index contributed by atoms with van der Waals surface area (Å²) >= 11 is 0. The molecule has 1 heterocycles. The van der Waals surface area contributed by atoms with Gasteiger partial charge in [0.2, 0.25) is 11.8 Å². The number of primary amides is 1. The Balaban J connectivity index is 2.16. The Morgan fingerprint density at radius 1 is 1.31 bits per heavy atom. The predicted molar refractivity (Wildman–Crippen MR) is 61.7 cm³/mol. The Bertz CT molecular complexity index is 250. The van der Waals surface area contributed by atoms with E-state index in [0.717, 1.165) is 25.9 Å². The first-order valence-corrected chi connectivity index (χ1v) is 5.91. The van der Waals surface area contributed by atoms with Gasteiger partial charge in [0.25, 0.3) is 0 Å². The molecule has 1 rings (SSSR count). The number of nitrogens with zero attached hydrogens (tertiary/aromatic N) is 1. The van der Waals surface area contributed by atoms with Gasteiger partial charge in [-0.25, -0.2) is 0 Å². The number of carbonyl (C=O) groups is 2. The molecule has 2 amide bonds. The molecule has 0 aromatic carbocycles. The molecule has 0 saturated carbocycles. The number of carbonyl (C=O) groups excluding carboxylic acids is 2. The van der Waals surface area contributed by atoms with Gasteiger partial charge in [-0.2, -0.15) is 0 Å². The molecule has 16 heavy (non-hydrogen) atoms. The Kier molecular flexibility index (Phi) is 5.25. The van der Waals surface area contributed by atoms with Gasteiger partial charge in [-0.1, -0.05) is 0 Å². The van der Waals surface area contributed by atoms with Crippen LogP contribution in [-0.4, -0.2) is 42.4 Å². The van der Waals surface area contributed by atoms with E-state index in [9.17, 15) is 9.59 Å². The molecule has 1 unspecified atom stereocenters. The van der Waals surface area contributed by atoms with Gasteiger partial charge < -0.3 is 16.0 Å². The van der Waals surface area contributed by atoms with Crippen molar-refractivity contribution in [1.82, 2.24) is 10.2 Å². The molecule has 5 nitrogen and oxygen atoms in total. The minimum atomic E-state index is -0.384. The van der Waals surface area contributed by atoms with Crippen molar-refractivity contribution < 1.29 is 9.59 Å². The summed E-state index contributed by atoms with van der Waals surface area (Å²) in [6.07, 6.45) is 3.88. The maximum absolute atomic E-state index is 11.7. The second-order valence-electron chi connectivity index (χ2n) is 4.27. The van der Waals surface area contributed by atoms with Crippen LogP contribution in [0.25, 0.3) is 0 Å². The van der Waals surface area contributed by atoms with Crippen molar-refractivity contribution in [3.8, 4) is 0 Å². The zero-order valence-electron chi connectivity index (χ0n) is 9.87. The topological polar surface area (TPSA) is 75.4 Å². The van der Waals surface area contributed by atoms with Crippen LogP contribution in [0.5, 0.6) is 0 Å². The van der Waals surface area contributed by atoms with Gasteiger partial charge in [0.05, 0.1) is 6.04 Å². The van der Waals surface area contributed by atoms with E-state index in [-0.39, 0.29) is 17.9 Å². The molecule has 0 radical (unpaired) electrons. The van der Waals surface area contributed by atoms with Crippen LogP contribution in [0.15, 0.2) is 0 Å². The standard InChI is InChI=1S/C11H21N3O2/c1-9(11(12)16)13-6-5-10(15)14-7-3-2-4-8-14/h9,13H,2-8H2,1H3,(H2,12,16). The molecule has 1 fully saturated rings. The highest BCUT2D eigenvalue weighted by atomic mass is 16.2. The lowest BCUT2D eigenvalue weighted by molar-refractivity contribution is -0.132. The lowest BCUT2D eigenvalue weighted by Crippen LogP contribution is -2.42. The number of hydrogen-bond acceptors (Lipinski definition) is 3. The molecular formula is C11H21N3O2. The first-order valence-electron chi connectivity index (χ1n) is 5.91. The lowest BCUT2D eigenvalue weighted by Gasteiger charge is -2.26. The van der Waals surface area contributed by atoms with Crippen molar-refractivity contribution >= 4 is 11.8 Å². The maximum Gasteiger partial charge on any atom is 0.234 e. The number of nitrogens with two attached hydrogens (primary N) is 1. The highest BCUT2D eigenvalue weighted by Gasteiger charge is 2.16. The Morgan fingerprint density at radius 2 is 1.94 bits per heavy atom. The monoisotopic (exact) mass is 227 g/mol. The molecule has 0 spiro atoms. The largest absolute Gasteiger partial charge is 0.368 e. The van der Waals surface area contributed by atoms with Crippen molar-refractivity contribution in [1.29, 1.82) is 0 Å². The normalized spacial score (nSPS) is 18.2. The van der Waals surface area contributed by atoms with E-state index >= 15 is 0 Å². The molecule has 3 N–H and O–H groups in total. The van der Waals surface area contributed by atoms with Crippen molar-refractivity contribution in [2.24, 2.45) is 5.73 Å². The van der Waals surface area contributed by atoms with Crippen LogP contribution in [0, 0.1) is 0 Å². The van der Waals surface area contributed by atoms with Crippen LogP contribution in [0.2, 0.25) is 0 Å². The summed E-state index contributed by atoms with van der Waals surface area (Å²) < 4.78 is 0. The van der Waals surface area contributed by atoms with Crippen LogP contribution in [0.4, 0.5) is 0 Å². The minimum absolute atomic E-state index is 0.170.